The van der Waals surface area contributed by atoms with Gasteiger partial charge in [-0.1, -0.05) is 121 Å². The molecule has 66 heavy (non-hydrogen) atoms. The average molecular weight is 907 g/mol. The number of nitrogens with zero attached hydrogens (tertiary/aromatic N) is 6. The fraction of sp³-hybridized carbons (Fsp3) is 0.120. The van der Waals surface area contributed by atoms with Crippen molar-refractivity contribution in [3.05, 3.63) is 177 Å². The zero-order chi connectivity index (χ0) is 46.3. The molecule has 0 unspecified atom stereocenters. The molecule has 2 aliphatic carbocycles. The molecule has 0 saturated heterocycles. The van der Waals surface area contributed by atoms with Gasteiger partial charge in [0, 0.05) is 21.6 Å². The molecular weight excluding hydrogens is 877 g/mol. The predicted molar refractivity (Wildman–Crippen MR) is 240 cm³/mol. The number of benzene rings is 4. The summed E-state index contributed by atoms with van der Waals surface area (Å²) in [5, 5.41) is 39.3. The van der Waals surface area contributed by atoms with Crippen molar-refractivity contribution >= 4 is 69.1 Å². The summed E-state index contributed by atoms with van der Waals surface area (Å²) < 4.78 is 24.1. The van der Waals surface area contributed by atoms with Gasteiger partial charge in [0.25, 0.3) is 0 Å². The van der Waals surface area contributed by atoms with Crippen molar-refractivity contribution in [3.8, 4) is 34.0 Å². The Bertz CT molecular complexity index is 3030. The van der Waals surface area contributed by atoms with E-state index in [4.69, 9.17) is 18.9 Å². The lowest BCUT2D eigenvalue weighted by Crippen LogP contribution is -2.51. The molecule has 2 aliphatic rings. The molecule has 320 valence electrons. The smallest absolute Gasteiger partial charge is 0.334 e. The molecule has 2 aromatic heterocycles. The number of thiophene rings is 2. The van der Waals surface area contributed by atoms with Crippen LogP contribution in [0.15, 0.2) is 143 Å². The van der Waals surface area contributed by atoms with Crippen LogP contribution in [0, 0.1) is 45.3 Å². The second-order valence-electron chi connectivity index (χ2n) is 14.5. The van der Waals surface area contributed by atoms with Crippen molar-refractivity contribution in [2.75, 3.05) is 0 Å². The lowest BCUT2D eigenvalue weighted by molar-refractivity contribution is -0.167. The third kappa shape index (κ3) is 7.91. The Morgan fingerprint density at radius 2 is 0.864 bits per heavy atom. The van der Waals surface area contributed by atoms with Gasteiger partial charge in [0.05, 0.1) is 15.5 Å². The molecule has 0 spiro atoms. The van der Waals surface area contributed by atoms with Gasteiger partial charge in [0.15, 0.2) is 0 Å². The third-order valence-corrected chi connectivity index (χ3v) is 13.0. The van der Waals surface area contributed by atoms with E-state index in [1.54, 1.807) is 146 Å². The number of aliphatic imine (C=N–C) groups is 2. The molecule has 8 rings (SSSR count). The number of carbonyl (C=O) groups excluding carboxylic acids is 4. The molecule has 0 N–H and O–H groups in total. The molecule has 16 heteroatoms. The highest BCUT2D eigenvalue weighted by Gasteiger charge is 2.68. The minimum atomic E-state index is -2.80. The summed E-state index contributed by atoms with van der Waals surface area (Å²) in [7, 11) is 0. The first kappa shape index (κ1) is 43.8. The maximum absolute atomic E-state index is 15.5. The Kier molecular flexibility index (Phi) is 12.5. The first-order valence-electron chi connectivity index (χ1n) is 19.9. The molecule has 0 atom stereocenters. The van der Waals surface area contributed by atoms with E-state index < -0.39 is 51.8 Å². The number of rotatable bonds is 14. The van der Waals surface area contributed by atoms with Crippen molar-refractivity contribution in [2.24, 2.45) is 9.98 Å². The van der Waals surface area contributed by atoms with Gasteiger partial charge < -0.3 is 18.9 Å². The van der Waals surface area contributed by atoms with Crippen molar-refractivity contribution < 1.29 is 38.1 Å². The van der Waals surface area contributed by atoms with Gasteiger partial charge in [-0.25, -0.2) is 9.98 Å². The summed E-state index contributed by atoms with van der Waals surface area (Å²) in [5.41, 5.74) is -5.42. The van der Waals surface area contributed by atoms with Crippen molar-refractivity contribution in [3.63, 3.8) is 0 Å². The number of ether oxygens (including phenoxy) is 4. The maximum atomic E-state index is 15.5. The predicted octanol–water partition coefficient (Wildman–Crippen LogP) is 8.25. The van der Waals surface area contributed by atoms with E-state index in [0.717, 1.165) is 22.7 Å². The van der Waals surface area contributed by atoms with Gasteiger partial charge >= 0.3 is 23.9 Å². The summed E-state index contributed by atoms with van der Waals surface area (Å²) >= 11 is 1.90. The molecule has 0 saturated carbocycles. The fourth-order valence-corrected chi connectivity index (χ4v) is 10.2. The molecule has 0 radical (unpaired) electrons. The monoisotopic (exact) mass is 906 g/mol. The Labute approximate surface area is 384 Å². The zero-order valence-electron chi connectivity index (χ0n) is 34.3. The van der Waals surface area contributed by atoms with Crippen LogP contribution < -0.4 is 0 Å². The Hall–Kier alpha value is -8.80. The van der Waals surface area contributed by atoms with Crippen LogP contribution in [0.5, 0.6) is 0 Å². The average Bonchev–Trinajstić information content (AvgIpc) is 4.09. The fourth-order valence-electron chi connectivity index (χ4n) is 7.64. The third-order valence-electron chi connectivity index (χ3n) is 10.6. The van der Waals surface area contributed by atoms with Gasteiger partial charge in [-0.3, -0.25) is 19.2 Å². The largest absolute Gasteiger partial charge is 0.459 e. The van der Waals surface area contributed by atoms with Gasteiger partial charge in [-0.15, -0.1) is 22.7 Å². The number of nitriles is 4. The maximum Gasteiger partial charge on any atom is 0.334 e. The highest BCUT2D eigenvalue weighted by molar-refractivity contribution is 7.25. The topological polar surface area (TPSA) is 225 Å². The zero-order valence-corrected chi connectivity index (χ0v) is 35.9. The van der Waals surface area contributed by atoms with Crippen LogP contribution in [0.3, 0.4) is 0 Å². The Morgan fingerprint density at radius 3 is 1.26 bits per heavy atom. The summed E-state index contributed by atoms with van der Waals surface area (Å²) in [6, 6.07) is 42.6. The second-order valence-corrected chi connectivity index (χ2v) is 16.6. The molecule has 4 aromatic carbocycles. The van der Waals surface area contributed by atoms with Gasteiger partial charge in [-0.2, -0.15) is 21.0 Å². The molecule has 0 bridgehead atoms. The normalized spacial score (nSPS) is 13.0. The minimum absolute atomic E-state index is 0.0300. The van der Waals surface area contributed by atoms with Crippen molar-refractivity contribution in [2.45, 2.75) is 37.3 Å². The molecule has 2 heterocycles. The standard InChI is InChI=1S/C50H30N6O8S2/c51-23-35(24-52)55-39-22-38-41(50(39,47(59)63-29-33-17-9-3-10-18-33)48(60)64-30-34-19-11-4-12-20-34)42-44(65-38)43-37(21-40(66-43)56-36(25-53)26-54)49(42,45(57)61-27-31-13-5-1-6-14-31)46(58)62-28-32-15-7-2-8-16-32/h1-22H,27-30H2. The molecule has 0 fully saturated rings. The lowest BCUT2D eigenvalue weighted by Gasteiger charge is -2.32. The molecule has 0 amide bonds. The highest BCUT2D eigenvalue weighted by atomic mass is 32.1. The van der Waals surface area contributed by atoms with E-state index in [1.807, 2.05) is 0 Å². The summed E-state index contributed by atoms with van der Waals surface area (Å²) in [5.74, 6) is -4.86. The molecule has 14 nitrogen and oxygen atoms in total. The van der Waals surface area contributed by atoms with Crippen LogP contribution in [0.4, 0.5) is 5.00 Å². The van der Waals surface area contributed by atoms with E-state index in [0.29, 0.717) is 22.3 Å². The Morgan fingerprint density at radius 1 is 0.485 bits per heavy atom. The van der Waals surface area contributed by atoms with Crippen LogP contribution in [0.25, 0.3) is 15.8 Å². The summed E-state index contributed by atoms with van der Waals surface area (Å²) in [6.45, 7) is -1.41. The van der Waals surface area contributed by atoms with E-state index in [1.165, 1.54) is 12.1 Å². The first-order chi connectivity index (χ1) is 32.2. The van der Waals surface area contributed by atoms with E-state index in [2.05, 4.69) is 9.98 Å². The van der Waals surface area contributed by atoms with Crippen LogP contribution >= 0.6 is 22.7 Å². The van der Waals surface area contributed by atoms with Crippen molar-refractivity contribution in [1.29, 1.82) is 21.0 Å². The van der Waals surface area contributed by atoms with Gasteiger partial charge in [0.1, 0.15) is 55.7 Å². The van der Waals surface area contributed by atoms with Crippen molar-refractivity contribution in [1.82, 2.24) is 0 Å². The van der Waals surface area contributed by atoms with Crippen LogP contribution in [-0.2, 0) is 75.4 Å². The number of hydrogen-bond donors (Lipinski definition) is 0. The SMILES string of the molecule is N#CC(C#N)=NC1=Cc2sc3c(c2C1(C(=O)OCc1ccccc1)C(=O)OCc1ccccc1)C(C(=O)OCc1ccccc1)(C(=O)OCc1ccccc1)c1cc(N=C(C#N)C#N)sc1-3. The summed E-state index contributed by atoms with van der Waals surface area (Å²) in [4.78, 5) is 70.7. The first-order valence-corrected chi connectivity index (χ1v) is 21.5. The van der Waals surface area contributed by atoms with Crippen LogP contribution in [0.2, 0.25) is 0 Å². The second kappa shape index (κ2) is 18.9. The lowest BCUT2D eigenvalue weighted by atomic mass is 9.70. The highest BCUT2D eigenvalue weighted by Crippen LogP contribution is 2.64. The van der Waals surface area contributed by atoms with E-state index in [-0.39, 0.29) is 62.8 Å². The summed E-state index contributed by atoms with van der Waals surface area (Å²) in [6.07, 6.45) is 1.31. The number of fused-ring (bicyclic) bond motifs is 5. The van der Waals surface area contributed by atoms with Crippen LogP contribution in [-0.4, -0.2) is 35.3 Å². The van der Waals surface area contributed by atoms with Crippen LogP contribution in [0.1, 0.15) is 43.8 Å². The minimum Gasteiger partial charge on any atom is -0.459 e. The van der Waals surface area contributed by atoms with E-state index in [9.17, 15) is 21.0 Å². The number of carbonyl (C=O) groups is 4. The molecule has 0 aliphatic heterocycles. The molecular formula is C50H30N6O8S2. The van der Waals surface area contributed by atoms with E-state index >= 15 is 19.2 Å². The number of esters is 4. The van der Waals surface area contributed by atoms with Gasteiger partial charge in [-0.05, 0) is 34.4 Å². The number of hydrogen-bond acceptors (Lipinski definition) is 16. The Balaban J connectivity index is 1.42. The quantitative estimate of drug-likeness (QED) is 0.0436. The molecule has 6 aromatic rings. The van der Waals surface area contributed by atoms with Gasteiger partial charge in [0.2, 0.25) is 22.3 Å².